The van der Waals surface area contributed by atoms with E-state index in [4.69, 9.17) is 16.2 Å². The molecule has 0 saturated heterocycles. The van der Waals surface area contributed by atoms with E-state index < -0.39 is 0 Å². The van der Waals surface area contributed by atoms with Crippen LogP contribution in [0.1, 0.15) is 5.56 Å². The van der Waals surface area contributed by atoms with Crippen molar-refractivity contribution in [3.63, 3.8) is 0 Å². The van der Waals surface area contributed by atoms with Gasteiger partial charge < -0.3 is 16.2 Å². The molecule has 0 unspecified atom stereocenters. The standard InChI is InChI=1S/C14H16N2O/c1-9-3-4-10(15)7-12(9)13-8-11(17-2)5-6-14(13)16/h3-8H,15-16H2,1-2H3. The van der Waals surface area contributed by atoms with E-state index in [1.807, 2.05) is 43.3 Å². The Bertz CT molecular complexity index is 550. The van der Waals surface area contributed by atoms with Crippen LogP contribution in [0.2, 0.25) is 0 Å². The Hall–Kier alpha value is -2.16. The molecule has 0 amide bonds. The maximum absolute atomic E-state index is 6.00. The van der Waals surface area contributed by atoms with Crippen LogP contribution in [0.3, 0.4) is 0 Å². The summed E-state index contributed by atoms with van der Waals surface area (Å²) in [5.41, 5.74) is 16.4. The number of ether oxygens (including phenoxy) is 1. The van der Waals surface area contributed by atoms with Crippen molar-refractivity contribution in [3.8, 4) is 16.9 Å². The second-order valence-electron chi connectivity index (χ2n) is 4.03. The minimum absolute atomic E-state index is 0.722. The largest absolute Gasteiger partial charge is 0.497 e. The summed E-state index contributed by atoms with van der Waals surface area (Å²) in [6, 6.07) is 11.4. The molecule has 0 atom stereocenters. The molecular weight excluding hydrogens is 212 g/mol. The molecule has 0 spiro atoms. The van der Waals surface area contributed by atoms with Crippen molar-refractivity contribution in [2.75, 3.05) is 18.6 Å². The van der Waals surface area contributed by atoms with Crippen LogP contribution in [0.25, 0.3) is 11.1 Å². The Labute approximate surface area is 101 Å². The molecule has 3 heteroatoms. The summed E-state index contributed by atoms with van der Waals surface area (Å²) in [5, 5.41) is 0. The topological polar surface area (TPSA) is 61.3 Å². The smallest absolute Gasteiger partial charge is 0.119 e. The lowest BCUT2D eigenvalue weighted by Crippen LogP contribution is -1.95. The van der Waals surface area contributed by atoms with Crippen molar-refractivity contribution in [2.24, 2.45) is 0 Å². The predicted molar refractivity (Wildman–Crippen MR) is 72.0 cm³/mol. The van der Waals surface area contributed by atoms with E-state index in [1.165, 1.54) is 0 Å². The summed E-state index contributed by atoms with van der Waals surface area (Å²) in [4.78, 5) is 0. The molecule has 0 aliphatic carbocycles. The highest BCUT2D eigenvalue weighted by Gasteiger charge is 2.07. The molecule has 0 saturated carbocycles. The van der Waals surface area contributed by atoms with Crippen LogP contribution in [-0.2, 0) is 0 Å². The first-order chi connectivity index (χ1) is 8.11. The van der Waals surface area contributed by atoms with Gasteiger partial charge >= 0.3 is 0 Å². The van der Waals surface area contributed by atoms with E-state index in [9.17, 15) is 0 Å². The van der Waals surface area contributed by atoms with Crippen molar-refractivity contribution in [3.05, 3.63) is 42.0 Å². The first-order valence-corrected chi connectivity index (χ1v) is 5.42. The van der Waals surface area contributed by atoms with E-state index >= 15 is 0 Å². The van der Waals surface area contributed by atoms with E-state index in [0.29, 0.717) is 0 Å². The summed E-state index contributed by atoms with van der Waals surface area (Å²) in [6.45, 7) is 2.04. The summed E-state index contributed by atoms with van der Waals surface area (Å²) in [7, 11) is 1.64. The van der Waals surface area contributed by atoms with Crippen molar-refractivity contribution in [1.29, 1.82) is 0 Å². The second kappa shape index (κ2) is 4.37. The fraction of sp³-hybridized carbons (Fsp3) is 0.143. The average Bonchev–Trinajstić information content (AvgIpc) is 2.33. The summed E-state index contributed by atoms with van der Waals surface area (Å²) in [6.07, 6.45) is 0. The number of methoxy groups -OCH3 is 1. The quantitative estimate of drug-likeness (QED) is 0.777. The Balaban J connectivity index is 2.62. The van der Waals surface area contributed by atoms with Gasteiger partial charge in [-0.05, 0) is 48.4 Å². The molecule has 17 heavy (non-hydrogen) atoms. The van der Waals surface area contributed by atoms with E-state index in [2.05, 4.69) is 0 Å². The molecule has 3 nitrogen and oxygen atoms in total. The highest BCUT2D eigenvalue weighted by atomic mass is 16.5. The van der Waals surface area contributed by atoms with Gasteiger partial charge in [0.05, 0.1) is 7.11 Å². The molecule has 0 heterocycles. The number of anilines is 2. The zero-order chi connectivity index (χ0) is 12.4. The molecule has 88 valence electrons. The average molecular weight is 228 g/mol. The third kappa shape index (κ3) is 2.18. The van der Waals surface area contributed by atoms with Gasteiger partial charge in [-0.15, -0.1) is 0 Å². The molecule has 0 aliphatic heterocycles. The Kier molecular flexibility index (Phi) is 2.91. The minimum atomic E-state index is 0.722. The van der Waals surface area contributed by atoms with Crippen molar-refractivity contribution >= 4 is 11.4 Å². The normalized spacial score (nSPS) is 10.2. The fourth-order valence-electron chi connectivity index (χ4n) is 1.83. The molecule has 0 bridgehead atoms. The predicted octanol–water partition coefficient (Wildman–Crippen LogP) is 2.84. The van der Waals surface area contributed by atoms with E-state index in [1.54, 1.807) is 7.11 Å². The van der Waals surface area contributed by atoms with Crippen molar-refractivity contribution in [2.45, 2.75) is 6.92 Å². The monoisotopic (exact) mass is 228 g/mol. The number of hydrogen-bond donors (Lipinski definition) is 2. The maximum Gasteiger partial charge on any atom is 0.119 e. The van der Waals surface area contributed by atoms with Gasteiger partial charge in [-0.25, -0.2) is 0 Å². The lowest BCUT2D eigenvalue weighted by molar-refractivity contribution is 0.415. The molecule has 2 aromatic rings. The first-order valence-electron chi connectivity index (χ1n) is 5.42. The highest BCUT2D eigenvalue weighted by molar-refractivity contribution is 5.81. The SMILES string of the molecule is COc1ccc(N)c(-c2cc(N)ccc2C)c1. The number of hydrogen-bond acceptors (Lipinski definition) is 3. The van der Waals surface area contributed by atoms with Gasteiger partial charge in [0.15, 0.2) is 0 Å². The molecular formula is C14H16N2O. The Morgan fingerprint density at radius 3 is 2.41 bits per heavy atom. The zero-order valence-corrected chi connectivity index (χ0v) is 10.0. The van der Waals surface area contributed by atoms with Crippen LogP contribution in [0, 0.1) is 6.92 Å². The second-order valence-corrected chi connectivity index (χ2v) is 4.03. The molecule has 0 aliphatic rings. The number of nitrogen functional groups attached to an aromatic ring is 2. The molecule has 2 aromatic carbocycles. The zero-order valence-electron chi connectivity index (χ0n) is 10.0. The van der Waals surface area contributed by atoms with Crippen LogP contribution in [0.4, 0.5) is 11.4 Å². The summed E-state index contributed by atoms with van der Waals surface area (Å²) >= 11 is 0. The summed E-state index contributed by atoms with van der Waals surface area (Å²) < 4.78 is 5.21. The molecule has 4 N–H and O–H groups in total. The molecule has 0 aromatic heterocycles. The number of benzene rings is 2. The molecule has 0 fully saturated rings. The Morgan fingerprint density at radius 2 is 1.71 bits per heavy atom. The number of nitrogens with two attached hydrogens (primary N) is 2. The van der Waals surface area contributed by atoms with E-state index in [-0.39, 0.29) is 0 Å². The van der Waals surface area contributed by atoms with Gasteiger partial charge in [-0.2, -0.15) is 0 Å². The first kappa shape index (κ1) is 11.3. The van der Waals surface area contributed by atoms with Crippen LogP contribution < -0.4 is 16.2 Å². The van der Waals surface area contributed by atoms with Crippen molar-refractivity contribution < 1.29 is 4.74 Å². The minimum Gasteiger partial charge on any atom is -0.497 e. The number of aryl methyl sites for hydroxylation is 1. The van der Waals surface area contributed by atoms with Crippen molar-refractivity contribution in [1.82, 2.24) is 0 Å². The number of rotatable bonds is 2. The third-order valence-corrected chi connectivity index (χ3v) is 2.81. The van der Waals surface area contributed by atoms with Gasteiger partial charge in [0, 0.05) is 16.9 Å². The van der Waals surface area contributed by atoms with Crippen LogP contribution in [-0.4, -0.2) is 7.11 Å². The molecule has 0 radical (unpaired) electrons. The lowest BCUT2D eigenvalue weighted by atomic mass is 9.98. The Morgan fingerprint density at radius 1 is 0.941 bits per heavy atom. The molecule has 2 rings (SSSR count). The van der Waals surface area contributed by atoms with Gasteiger partial charge in [0.1, 0.15) is 5.75 Å². The van der Waals surface area contributed by atoms with Gasteiger partial charge in [-0.3, -0.25) is 0 Å². The van der Waals surface area contributed by atoms with Gasteiger partial charge in [0.2, 0.25) is 0 Å². The van der Waals surface area contributed by atoms with E-state index in [0.717, 1.165) is 33.8 Å². The third-order valence-electron chi connectivity index (χ3n) is 2.81. The van der Waals surface area contributed by atoms with Gasteiger partial charge in [-0.1, -0.05) is 6.07 Å². The van der Waals surface area contributed by atoms with Crippen LogP contribution in [0.15, 0.2) is 36.4 Å². The van der Waals surface area contributed by atoms with Gasteiger partial charge in [0.25, 0.3) is 0 Å². The lowest BCUT2D eigenvalue weighted by Gasteiger charge is -2.11. The summed E-state index contributed by atoms with van der Waals surface area (Å²) in [5.74, 6) is 0.788. The highest BCUT2D eigenvalue weighted by Crippen LogP contribution is 2.33. The van der Waals surface area contributed by atoms with Crippen LogP contribution >= 0.6 is 0 Å². The fourth-order valence-corrected chi connectivity index (χ4v) is 1.83. The van der Waals surface area contributed by atoms with Crippen LogP contribution in [0.5, 0.6) is 5.75 Å². The maximum atomic E-state index is 6.00.